The van der Waals surface area contributed by atoms with Crippen molar-refractivity contribution < 1.29 is 32.2 Å². The van der Waals surface area contributed by atoms with Gasteiger partial charge < -0.3 is 24.4 Å². The molecule has 2 amide bonds. The Morgan fingerprint density at radius 2 is 1.48 bits per heavy atom. The van der Waals surface area contributed by atoms with Crippen LogP contribution in [0.25, 0.3) is 0 Å². The fraction of sp³-hybridized carbons (Fsp3) is 0.355. The summed E-state index contributed by atoms with van der Waals surface area (Å²) in [5, 5.41) is 2.79. The molecule has 0 saturated heterocycles. The third kappa shape index (κ3) is 7.52. The maximum atomic E-state index is 14.2. The molecule has 226 valence electrons. The maximum absolute atomic E-state index is 14.2. The molecule has 0 aliphatic heterocycles. The van der Waals surface area contributed by atoms with Crippen LogP contribution >= 0.6 is 0 Å². The van der Waals surface area contributed by atoms with Gasteiger partial charge in [0.2, 0.25) is 11.8 Å². The average molecular weight is 598 g/mol. The minimum Gasteiger partial charge on any atom is -0.497 e. The standard InChI is InChI=1S/C31H39N3O7S/c1-7-27(31(36)32-8-2)33(20-23-11-13-24(39-4)14-12-23)30(35)21-34(28-19-25(40-5)15-18-29(28)41-6)42(37,38)26-16-9-22(3)10-17-26/h9-19,27H,7-8,20-21H2,1-6H3,(H,32,36)/t27-/m1/s1. The summed E-state index contributed by atoms with van der Waals surface area (Å²) < 4.78 is 45.4. The summed E-state index contributed by atoms with van der Waals surface area (Å²) in [5.74, 6) is 0.370. The molecular weight excluding hydrogens is 558 g/mol. The molecule has 3 rings (SSSR count). The van der Waals surface area contributed by atoms with Crippen molar-refractivity contribution in [2.24, 2.45) is 0 Å². The van der Waals surface area contributed by atoms with E-state index in [2.05, 4.69) is 5.32 Å². The number of carbonyl (C=O) groups excluding carboxylic acids is 2. The molecule has 0 aliphatic carbocycles. The number of hydrogen-bond donors (Lipinski definition) is 1. The lowest BCUT2D eigenvalue weighted by molar-refractivity contribution is -0.140. The minimum absolute atomic E-state index is 0.00300. The zero-order valence-corrected chi connectivity index (χ0v) is 25.7. The maximum Gasteiger partial charge on any atom is 0.264 e. The number of methoxy groups -OCH3 is 3. The number of ether oxygens (including phenoxy) is 3. The van der Waals surface area contributed by atoms with Crippen LogP contribution in [0.5, 0.6) is 17.2 Å². The van der Waals surface area contributed by atoms with Crippen LogP contribution < -0.4 is 23.8 Å². The van der Waals surface area contributed by atoms with Crippen molar-refractivity contribution in [2.45, 2.75) is 44.7 Å². The Balaban J connectivity index is 2.14. The van der Waals surface area contributed by atoms with Gasteiger partial charge in [0.15, 0.2) is 0 Å². The molecule has 1 atom stereocenters. The molecule has 0 aliphatic rings. The number of nitrogens with one attached hydrogen (secondary N) is 1. The van der Waals surface area contributed by atoms with Crippen LogP contribution in [-0.2, 0) is 26.2 Å². The molecule has 0 unspecified atom stereocenters. The SMILES string of the molecule is CCNC(=O)[C@@H](CC)N(Cc1ccc(OC)cc1)C(=O)CN(c1cc(OC)ccc1OC)S(=O)(=O)c1ccc(C)cc1. The van der Waals surface area contributed by atoms with E-state index in [9.17, 15) is 18.0 Å². The molecule has 3 aromatic rings. The molecular formula is C31H39N3O7S. The van der Waals surface area contributed by atoms with E-state index in [4.69, 9.17) is 14.2 Å². The van der Waals surface area contributed by atoms with E-state index in [-0.39, 0.29) is 28.8 Å². The molecule has 0 heterocycles. The molecule has 10 nitrogen and oxygen atoms in total. The van der Waals surface area contributed by atoms with Crippen LogP contribution in [0, 0.1) is 6.92 Å². The highest BCUT2D eigenvalue weighted by Crippen LogP contribution is 2.36. The third-order valence-electron chi connectivity index (χ3n) is 6.79. The summed E-state index contributed by atoms with van der Waals surface area (Å²) in [6.45, 7) is 5.32. The van der Waals surface area contributed by atoms with E-state index < -0.39 is 28.5 Å². The Hall–Kier alpha value is -4.25. The van der Waals surface area contributed by atoms with E-state index in [1.54, 1.807) is 69.5 Å². The number of hydrogen-bond acceptors (Lipinski definition) is 7. The van der Waals surface area contributed by atoms with Gasteiger partial charge in [0, 0.05) is 19.2 Å². The topological polar surface area (TPSA) is 114 Å². The monoisotopic (exact) mass is 597 g/mol. The first kappa shape index (κ1) is 32.3. The molecule has 0 radical (unpaired) electrons. The first-order chi connectivity index (χ1) is 20.1. The van der Waals surface area contributed by atoms with Crippen LogP contribution in [0.15, 0.2) is 71.6 Å². The fourth-order valence-corrected chi connectivity index (χ4v) is 5.90. The molecule has 0 bridgehead atoms. The quantitative estimate of drug-likeness (QED) is 0.297. The van der Waals surface area contributed by atoms with E-state index in [1.165, 1.54) is 37.3 Å². The van der Waals surface area contributed by atoms with Crippen LogP contribution in [-0.4, -0.2) is 65.6 Å². The summed E-state index contributed by atoms with van der Waals surface area (Å²) in [5.41, 5.74) is 1.76. The molecule has 3 aromatic carbocycles. The van der Waals surface area contributed by atoms with Gasteiger partial charge in [0.1, 0.15) is 29.8 Å². The number of amides is 2. The molecule has 11 heteroatoms. The Bertz CT molecular complexity index is 1460. The molecule has 0 spiro atoms. The minimum atomic E-state index is -4.27. The second-order valence-electron chi connectivity index (χ2n) is 9.55. The zero-order valence-electron chi connectivity index (χ0n) is 24.9. The van der Waals surface area contributed by atoms with E-state index in [0.29, 0.717) is 24.5 Å². The molecule has 0 aromatic heterocycles. The molecule has 1 N–H and O–H groups in total. The number of aryl methyl sites for hydroxylation is 1. The van der Waals surface area contributed by atoms with Gasteiger partial charge >= 0.3 is 0 Å². The first-order valence-corrected chi connectivity index (χ1v) is 15.0. The van der Waals surface area contributed by atoms with E-state index in [1.807, 2.05) is 6.92 Å². The van der Waals surface area contributed by atoms with Crippen LogP contribution in [0.1, 0.15) is 31.4 Å². The van der Waals surface area contributed by atoms with Crippen molar-refractivity contribution in [1.82, 2.24) is 10.2 Å². The number of carbonyl (C=O) groups is 2. The van der Waals surface area contributed by atoms with Crippen molar-refractivity contribution in [3.63, 3.8) is 0 Å². The summed E-state index contributed by atoms with van der Waals surface area (Å²) in [7, 11) is 0.171. The highest BCUT2D eigenvalue weighted by atomic mass is 32.2. The zero-order chi connectivity index (χ0) is 30.9. The Kier molecular flexibility index (Phi) is 11.2. The van der Waals surface area contributed by atoms with Crippen LogP contribution in [0.2, 0.25) is 0 Å². The number of likely N-dealkylation sites (N-methyl/N-ethyl adjacent to an activating group) is 1. The Morgan fingerprint density at radius 3 is 2.02 bits per heavy atom. The van der Waals surface area contributed by atoms with Gasteiger partial charge in [-0.15, -0.1) is 0 Å². The smallest absolute Gasteiger partial charge is 0.264 e. The van der Waals surface area contributed by atoms with Gasteiger partial charge in [-0.05, 0) is 62.2 Å². The predicted octanol–water partition coefficient (Wildman–Crippen LogP) is 4.16. The summed E-state index contributed by atoms with van der Waals surface area (Å²) in [6, 6.07) is 17.4. The highest BCUT2D eigenvalue weighted by Gasteiger charge is 2.35. The van der Waals surface area contributed by atoms with Gasteiger partial charge in [0.05, 0.1) is 31.9 Å². The lowest BCUT2D eigenvalue weighted by atomic mass is 10.1. The number of nitrogens with zero attached hydrogens (tertiary/aromatic N) is 2. The molecule has 0 saturated carbocycles. The van der Waals surface area contributed by atoms with Crippen molar-refractivity contribution in [1.29, 1.82) is 0 Å². The molecule has 0 fully saturated rings. The number of rotatable bonds is 14. The first-order valence-electron chi connectivity index (χ1n) is 13.6. The van der Waals surface area contributed by atoms with Crippen LogP contribution in [0.3, 0.4) is 0 Å². The Morgan fingerprint density at radius 1 is 0.857 bits per heavy atom. The number of benzene rings is 3. The van der Waals surface area contributed by atoms with Crippen molar-refractivity contribution >= 4 is 27.5 Å². The van der Waals surface area contributed by atoms with E-state index in [0.717, 1.165) is 15.4 Å². The molecule has 42 heavy (non-hydrogen) atoms. The van der Waals surface area contributed by atoms with Crippen molar-refractivity contribution in [3.05, 3.63) is 77.9 Å². The summed E-state index contributed by atoms with van der Waals surface area (Å²) >= 11 is 0. The number of anilines is 1. The van der Waals surface area contributed by atoms with Gasteiger partial charge in [-0.25, -0.2) is 8.42 Å². The summed E-state index contributed by atoms with van der Waals surface area (Å²) in [6.07, 6.45) is 0.320. The third-order valence-corrected chi connectivity index (χ3v) is 8.57. The lowest BCUT2D eigenvalue weighted by Gasteiger charge is -2.33. The summed E-state index contributed by atoms with van der Waals surface area (Å²) in [4.78, 5) is 28.7. The predicted molar refractivity (Wildman–Crippen MR) is 162 cm³/mol. The van der Waals surface area contributed by atoms with Gasteiger partial charge in [-0.2, -0.15) is 0 Å². The largest absolute Gasteiger partial charge is 0.497 e. The average Bonchev–Trinajstić information content (AvgIpc) is 2.99. The second kappa shape index (κ2) is 14.6. The van der Waals surface area contributed by atoms with E-state index >= 15 is 0 Å². The highest BCUT2D eigenvalue weighted by molar-refractivity contribution is 7.92. The lowest BCUT2D eigenvalue weighted by Crippen LogP contribution is -2.52. The van der Waals surface area contributed by atoms with Crippen LogP contribution in [0.4, 0.5) is 5.69 Å². The van der Waals surface area contributed by atoms with Crippen molar-refractivity contribution in [3.8, 4) is 17.2 Å². The van der Waals surface area contributed by atoms with Crippen molar-refractivity contribution in [2.75, 3.05) is 38.7 Å². The van der Waals surface area contributed by atoms with Gasteiger partial charge in [-0.1, -0.05) is 36.8 Å². The normalized spacial score (nSPS) is 11.8. The second-order valence-corrected chi connectivity index (χ2v) is 11.4. The van der Waals surface area contributed by atoms with Gasteiger partial charge in [-0.3, -0.25) is 13.9 Å². The fourth-order valence-electron chi connectivity index (χ4n) is 4.48. The Labute approximate surface area is 248 Å². The number of sulfonamides is 1. The van der Waals surface area contributed by atoms with Gasteiger partial charge in [0.25, 0.3) is 10.0 Å².